The lowest BCUT2D eigenvalue weighted by molar-refractivity contribution is 0.495. The Morgan fingerprint density at radius 1 is 1.20 bits per heavy atom. The van der Waals surface area contributed by atoms with E-state index in [1.165, 1.54) is 18.4 Å². The molecule has 1 aromatic carbocycles. The fraction of sp³-hybridized carbons (Fsp3) is 0.375. The molecule has 0 amide bonds. The zero-order valence-electron chi connectivity index (χ0n) is 11.4. The third-order valence-corrected chi connectivity index (χ3v) is 5.20. The molecule has 3 rings (SSSR count). The van der Waals surface area contributed by atoms with Gasteiger partial charge in [0.05, 0.1) is 11.1 Å². The Hall–Kier alpha value is -1.42. The molecule has 1 aliphatic rings. The first-order valence-electron chi connectivity index (χ1n) is 6.96. The minimum Gasteiger partial charge on any atom is -0.309 e. The molecule has 20 heavy (non-hydrogen) atoms. The average Bonchev–Trinajstić information content (AvgIpc) is 2.96. The maximum Gasteiger partial charge on any atom is 0.265 e. The molecule has 0 unspecified atom stereocenters. The second-order valence-corrected chi connectivity index (χ2v) is 6.26. The molecule has 2 aromatic rings. The van der Waals surface area contributed by atoms with E-state index in [1.807, 2.05) is 13.0 Å². The van der Waals surface area contributed by atoms with Gasteiger partial charge >= 0.3 is 0 Å². The predicted octanol–water partition coefficient (Wildman–Crippen LogP) is 3.70. The minimum atomic E-state index is -0.133. The quantitative estimate of drug-likeness (QED) is 0.911. The topological polar surface area (TPSA) is 45.8 Å². The van der Waals surface area contributed by atoms with E-state index in [-0.39, 0.29) is 11.0 Å². The number of H-pyrrole nitrogens is 1. The number of halogens is 1. The van der Waals surface area contributed by atoms with Crippen molar-refractivity contribution in [2.45, 2.75) is 38.0 Å². The second-order valence-electron chi connectivity index (χ2n) is 5.47. The SMILES string of the molecule is Cc1nc(C2(c3ccccc3)CCCC2)[nH]c(=O)c1Br. The van der Waals surface area contributed by atoms with Gasteiger partial charge in [-0.25, -0.2) is 4.98 Å². The molecule has 0 spiro atoms. The first kappa shape index (κ1) is 13.6. The van der Waals surface area contributed by atoms with Crippen LogP contribution < -0.4 is 5.56 Å². The van der Waals surface area contributed by atoms with Crippen molar-refractivity contribution in [2.24, 2.45) is 0 Å². The van der Waals surface area contributed by atoms with Crippen molar-refractivity contribution in [3.63, 3.8) is 0 Å². The summed E-state index contributed by atoms with van der Waals surface area (Å²) in [5, 5.41) is 0. The van der Waals surface area contributed by atoms with E-state index in [9.17, 15) is 4.79 Å². The molecule has 0 atom stereocenters. The molecule has 104 valence electrons. The number of aryl methyl sites for hydroxylation is 1. The molecule has 1 N–H and O–H groups in total. The molecule has 3 nitrogen and oxygen atoms in total. The van der Waals surface area contributed by atoms with Gasteiger partial charge in [0.1, 0.15) is 10.3 Å². The second kappa shape index (κ2) is 5.17. The van der Waals surface area contributed by atoms with Gasteiger partial charge in [0.15, 0.2) is 0 Å². The van der Waals surface area contributed by atoms with Crippen molar-refractivity contribution < 1.29 is 0 Å². The molecule has 0 saturated heterocycles. The van der Waals surface area contributed by atoms with E-state index >= 15 is 0 Å². The fourth-order valence-corrected chi connectivity index (χ4v) is 3.38. The van der Waals surface area contributed by atoms with Gasteiger partial charge in [-0.3, -0.25) is 4.79 Å². The van der Waals surface area contributed by atoms with Gasteiger partial charge in [-0.2, -0.15) is 0 Å². The molecule has 1 aliphatic carbocycles. The summed E-state index contributed by atoms with van der Waals surface area (Å²) in [6, 6.07) is 10.4. The van der Waals surface area contributed by atoms with Gasteiger partial charge < -0.3 is 4.98 Å². The van der Waals surface area contributed by atoms with Crippen molar-refractivity contribution in [1.82, 2.24) is 9.97 Å². The van der Waals surface area contributed by atoms with Crippen molar-refractivity contribution in [3.05, 3.63) is 62.2 Å². The number of aromatic nitrogens is 2. The Balaban J connectivity index is 2.20. The minimum absolute atomic E-state index is 0.0882. The van der Waals surface area contributed by atoms with E-state index in [2.05, 4.69) is 50.2 Å². The third-order valence-electron chi connectivity index (χ3n) is 4.27. The van der Waals surface area contributed by atoms with Crippen LogP contribution in [-0.2, 0) is 5.41 Å². The van der Waals surface area contributed by atoms with E-state index in [0.29, 0.717) is 4.47 Å². The number of nitrogens with one attached hydrogen (secondary N) is 1. The summed E-state index contributed by atoms with van der Waals surface area (Å²) in [4.78, 5) is 19.7. The molecular weight excluding hydrogens is 316 g/mol. The highest BCUT2D eigenvalue weighted by molar-refractivity contribution is 9.10. The summed E-state index contributed by atoms with van der Waals surface area (Å²) in [7, 11) is 0. The van der Waals surface area contributed by atoms with Crippen LogP contribution in [0.5, 0.6) is 0 Å². The molecule has 1 heterocycles. The molecule has 1 fully saturated rings. The lowest BCUT2D eigenvalue weighted by Crippen LogP contribution is -2.30. The van der Waals surface area contributed by atoms with E-state index in [1.54, 1.807) is 0 Å². The number of rotatable bonds is 2. The molecule has 1 saturated carbocycles. The van der Waals surface area contributed by atoms with Crippen molar-refractivity contribution in [3.8, 4) is 0 Å². The Labute approximate surface area is 126 Å². The van der Waals surface area contributed by atoms with Crippen LogP contribution in [-0.4, -0.2) is 9.97 Å². The van der Waals surface area contributed by atoms with E-state index < -0.39 is 0 Å². The van der Waals surface area contributed by atoms with Gasteiger partial charge in [-0.15, -0.1) is 0 Å². The van der Waals surface area contributed by atoms with Crippen LogP contribution in [0, 0.1) is 6.92 Å². The Bertz CT molecular complexity index is 673. The number of aromatic amines is 1. The molecule has 0 aliphatic heterocycles. The Morgan fingerprint density at radius 3 is 2.45 bits per heavy atom. The smallest absolute Gasteiger partial charge is 0.265 e. The standard InChI is InChI=1S/C16H17BrN2O/c1-11-13(17)14(20)19-15(18-11)16(9-5-6-10-16)12-7-3-2-4-8-12/h2-4,7-8H,5-6,9-10H2,1H3,(H,18,19,20). The van der Waals surface area contributed by atoms with Gasteiger partial charge in [-0.1, -0.05) is 43.2 Å². The summed E-state index contributed by atoms with van der Waals surface area (Å²) in [5.41, 5.74) is 1.79. The monoisotopic (exact) mass is 332 g/mol. The number of benzene rings is 1. The maximum atomic E-state index is 12.0. The zero-order valence-corrected chi connectivity index (χ0v) is 13.0. The fourth-order valence-electron chi connectivity index (χ4n) is 3.20. The number of nitrogens with zero attached hydrogens (tertiary/aromatic N) is 1. The van der Waals surface area contributed by atoms with E-state index in [4.69, 9.17) is 0 Å². The molecular formula is C16H17BrN2O. The number of hydrogen-bond acceptors (Lipinski definition) is 2. The van der Waals surface area contributed by atoms with Crippen LogP contribution in [0.4, 0.5) is 0 Å². The average molecular weight is 333 g/mol. The van der Waals surface area contributed by atoms with Gasteiger partial charge in [0.2, 0.25) is 0 Å². The van der Waals surface area contributed by atoms with Crippen LogP contribution in [0.15, 0.2) is 39.6 Å². The van der Waals surface area contributed by atoms with E-state index in [0.717, 1.165) is 24.4 Å². The molecule has 0 bridgehead atoms. The Kier molecular flexibility index (Phi) is 3.50. The van der Waals surface area contributed by atoms with Crippen molar-refractivity contribution in [2.75, 3.05) is 0 Å². The largest absolute Gasteiger partial charge is 0.309 e. The van der Waals surface area contributed by atoms with Gasteiger partial charge in [0, 0.05) is 0 Å². The predicted molar refractivity (Wildman–Crippen MR) is 83.0 cm³/mol. The Morgan fingerprint density at radius 2 is 1.85 bits per heavy atom. The van der Waals surface area contributed by atoms with Crippen LogP contribution in [0.3, 0.4) is 0 Å². The summed E-state index contributed by atoms with van der Waals surface area (Å²) in [6.45, 7) is 1.87. The lowest BCUT2D eigenvalue weighted by atomic mass is 9.78. The van der Waals surface area contributed by atoms with Crippen LogP contribution in [0.2, 0.25) is 0 Å². The third kappa shape index (κ3) is 2.12. The van der Waals surface area contributed by atoms with Gasteiger partial charge in [0.25, 0.3) is 5.56 Å². The van der Waals surface area contributed by atoms with Crippen molar-refractivity contribution >= 4 is 15.9 Å². The first-order chi connectivity index (χ1) is 9.63. The molecule has 4 heteroatoms. The highest BCUT2D eigenvalue weighted by atomic mass is 79.9. The highest BCUT2D eigenvalue weighted by Gasteiger charge is 2.39. The van der Waals surface area contributed by atoms with Crippen LogP contribution in [0.1, 0.15) is 42.8 Å². The highest BCUT2D eigenvalue weighted by Crippen LogP contribution is 2.44. The lowest BCUT2D eigenvalue weighted by Gasteiger charge is -2.28. The van der Waals surface area contributed by atoms with Crippen molar-refractivity contribution in [1.29, 1.82) is 0 Å². The van der Waals surface area contributed by atoms with Crippen LogP contribution >= 0.6 is 15.9 Å². The summed E-state index contributed by atoms with van der Waals surface area (Å²) in [6.07, 6.45) is 4.43. The molecule has 1 aromatic heterocycles. The maximum absolute atomic E-state index is 12.0. The number of hydrogen-bond donors (Lipinski definition) is 1. The normalized spacial score (nSPS) is 17.3. The first-order valence-corrected chi connectivity index (χ1v) is 7.75. The van der Waals surface area contributed by atoms with Crippen LogP contribution in [0.25, 0.3) is 0 Å². The summed E-state index contributed by atoms with van der Waals surface area (Å²) < 4.78 is 0.530. The summed E-state index contributed by atoms with van der Waals surface area (Å²) in [5.74, 6) is 0.812. The van der Waals surface area contributed by atoms with Gasteiger partial charge in [-0.05, 0) is 41.3 Å². The molecule has 0 radical (unpaired) electrons. The summed E-state index contributed by atoms with van der Waals surface area (Å²) >= 11 is 3.29. The zero-order chi connectivity index (χ0) is 14.2.